The van der Waals surface area contributed by atoms with Gasteiger partial charge in [-0.05, 0) is 19.3 Å². The average Bonchev–Trinajstić information content (AvgIpc) is 3.05. The smallest absolute Gasteiger partial charge is 0.244 e. The Morgan fingerprint density at radius 3 is 3.21 bits per heavy atom. The Morgan fingerprint density at radius 1 is 1.53 bits per heavy atom. The number of ether oxygens (including phenoxy) is 1. The van der Waals surface area contributed by atoms with Crippen LogP contribution >= 0.6 is 0 Å². The molecule has 3 rings (SSSR count). The minimum absolute atomic E-state index is 0.0914. The highest BCUT2D eigenvalue weighted by molar-refractivity contribution is 5.76. The number of nitrogens with two attached hydrogens (primary N) is 1. The van der Waals surface area contributed by atoms with E-state index in [1.807, 2.05) is 4.90 Å². The van der Waals surface area contributed by atoms with E-state index in [-0.39, 0.29) is 24.6 Å². The van der Waals surface area contributed by atoms with Gasteiger partial charge < -0.3 is 15.4 Å². The van der Waals surface area contributed by atoms with Crippen LogP contribution in [0.25, 0.3) is 0 Å². The molecule has 0 spiro atoms. The topological polar surface area (TPSA) is 86.3 Å². The van der Waals surface area contributed by atoms with Crippen LogP contribution in [0.4, 0.5) is 0 Å². The molecule has 0 bridgehead atoms. The highest BCUT2D eigenvalue weighted by Gasteiger charge is 2.38. The van der Waals surface area contributed by atoms with Crippen molar-refractivity contribution in [3.8, 4) is 0 Å². The molecule has 104 valence electrons. The number of rotatable bonds is 3. The number of fused-ring (bicyclic) bond motifs is 1. The van der Waals surface area contributed by atoms with Gasteiger partial charge >= 0.3 is 0 Å². The highest BCUT2D eigenvalue weighted by atomic mass is 16.5. The number of nitrogens with zero attached hydrogens (tertiary/aromatic N) is 4. The second kappa shape index (κ2) is 5.26. The number of hydrogen-bond acceptors (Lipinski definition) is 5. The van der Waals surface area contributed by atoms with Gasteiger partial charge in [0.1, 0.15) is 6.54 Å². The molecule has 0 radical (unpaired) electrons. The number of carbonyl (C=O) groups excluding carboxylic acids is 1. The Morgan fingerprint density at radius 2 is 2.42 bits per heavy atom. The van der Waals surface area contributed by atoms with E-state index in [0.717, 1.165) is 19.3 Å². The standard InChI is InChI=1S/C12H19N5O2/c13-6-9-7-16(15-14-9)8-12(18)17-4-5-19-11-3-1-2-10(11)17/h7,10-11H,1-6,8,13H2. The first-order valence-electron chi connectivity index (χ1n) is 6.78. The summed E-state index contributed by atoms with van der Waals surface area (Å²) in [6.45, 7) is 1.89. The van der Waals surface area contributed by atoms with Crippen molar-refractivity contribution < 1.29 is 9.53 Å². The molecule has 7 nitrogen and oxygen atoms in total. The molecule has 7 heteroatoms. The van der Waals surface area contributed by atoms with E-state index in [0.29, 0.717) is 25.4 Å². The zero-order valence-corrected chi connectivity index (χ0v) is 10.9. The Hall–Kier alpha value is -1.47. The second-order valence-electron chi connectivity index (χ2n) is 5.11. The van der Waals surface area contributed by atoms with Gasteiger partial charge in [0.05, 0.1) is 30.6 Å². The predicted molar refractivity (Wildman–Crippen MR) is 67.0 cm³/mol. The van der Waals surface area contributed by atoms with Crippen LogP contribution in [-0.4, -0.2) is 51.1 Å². The first-order chi connectivity index (χ1) is 9.28. The first kappa shape index (κ1) is 12.6. The lowest BCUT2D eigenvalue weighted by atomic mass is 10.1. The third-order valence-corrected chi connectivity index (χ3v) is 3.89. The molecule has 1 saturated heterocycles. The Bertz CT molecular complexity index is 461. The zero-order chi connectivity index (χ0) is 13.2. The van der Waals surface area contributed by atoms with Crippen LogP contribution in [0.15, 0.2) is 6.20 Å². The van der Waals surface area contributed by atoms with Gasteiger partial charge in [-0.15, -0.1) is 5.10 Å². The third kappa shape index (κ3) is 2.48. The minimum atomic E-state index is 0.0914. The SMILES string of the molecule is NCc1cn(CC(=O)N2CCOC3CCCC32)nn1. The van der Waals surface area contributed by atoms with Gasteiger partial charge in [-0.3, -0.25) is 4.79 Å². The fraction of sp³-hybridized carbons (Fsp3) is 0.750. The largest absolute Gasteiger partial charge is 0.374 e. The van der Waals surface area contributed by atoms with Gasteiger partial charge in [-0.2, -0.15) is 0 Å². The zero-order valence-electron chi connectivity index (χ0n) is 10.9. The predicted octanol–water partition coefficient (Wildman–Crippen LogP) is -0.483. The second-order valence-corrected chi connectivity index (χ2v) is 5.11. The van der Waals surface area contributed by atoms with Crippen LogP contribution in [-0.2, 0) is 22.6 Å². The molecule has 2 fully saturated rings. The number of aromatic nitrogens is 3. The van der Waals surface area contributed by atoms with Gasteiger partial charge in [0, 0.05) is 13.1 Å². The van der Waals surface area contributed by atoms with Crippen LogP contribution in [0.2, 0.25) is 0 Å². The summed E-state index contributed by atoms with van der Waals surface area (Å²) in [5.74, 6) is 0.0914. The number of morpholine rings is 1. The summed E-state index contributed by atoms with van der Waals surface area (Å²) in [5.41, 5.74) is 6.18. The van der Waals surface area contributed by atoms with Crippen LogP contribution in [0.5, 0.6) is 0 Å². The molecule has 0 aromatic carbocycles. The normalized spacial score (nSPS) is 26.5. The van der Waals surface area contributed by atoms with Crippen molar-refractivity contribution in [2.45, 2.75) is 44.5 Å². The summed E-state index contributed by atoms with van der Waals surface area (Å²) in [5, 5.41) is 7.81. The molecule has 2 aliphatic rings. The molecule has 2 N–H and O–H groups in total. The van der Waals surface area contributed by atoms with Crippen LogP contribution in [0.3, 0.4) is 0 Å². The van der Waals surface area contributed by atoms with Gasteiger partial charge in [-0.25, -0.2) is 4.68 Å². The quantitative estimate of drug-likeness (QED) is 0.797. The highest BCUT2D eigenvalue weighted by Crippen LogP contribution is 2.29. The fourth-order valence-corrected chi connectivity index (χ4v) is 2.97. The summed E-state index contributed by atoms with van der Waals surface area (Å²) < 4.78 is 7.27. The molecule has 19 heavy (non-hydrogen) atoms. The van der Waals surface area contributed by atoms with E-state index in [9.17, 15) is 4.79 Å². The molecule has 2 heterocycles. The maximum absolute atomic E-state index is 12.4. The van der Waals surface area contributed by atoms with Crippen molar-refractivity contribution in [2.75, 3.05) is 13.2 Å². The van der Waals surface area contributed by atoms with Gasteiger partial charge in [0.2, 0.25) is 5.91 Å². The summed E-state index contributed by atoms with van der Waals surface area (Å²) in [4.78, 5) is 14.3. The average molecular weight is 265 g/mol. The molecular weight excluding hydrogens is 246 g/mol. The summed E-state index contributed by atoms with van der Waals surface area (Å²) in [6, 6.07) is 0.249. The van der Waals surface area contributed by atoms with E-state index >= 15 is 0 Å². The monoisotopic (exact) mass is 265 g/mol. The lowest BCUT2D eigenvalue weighted by Crippen LogP contribution is -2.52. The van der Waals surface area contributed by atoms with Crippen LogP contribution < -0.4 is 5.73 Å². The lowest BCUT2D eigenvalue weighted by Gasteiger charge is -2.37. The molecule has 1 saturated carbocycles. The molecule has 1 aliphatic heterocycles. The summed E-state index contributed by atoms with van der Waals surface area (Å²) in [7, 11) is 0. The van der Waals surface area contributed by atoms with Crippen molar-refractivity contribution in [3.63, 3.8) is 0 Å². The Labute approximate surface area is 111 Å². The van der Waals surface area contributed by atoms with Crippen LogP contribution in [0, 0.1) is 0 Å². The molecule has 1 aromatic heterocycles. The van der Waals surface area contributed by atoms with E-state index < -0.39 is 0 Å². The number of hydrogen-bond donors (Lipinski definition) is 1. The number of amides is 1. The van der Waals surface area contributed by atoms with E-state index in [1.54, 1.807) is 10.9 Å². The van der Waals surface area contributed by atoms with Crippen LogP contribution in [0.1, 0.15) is 25.0 Å². The van der Waals surface area contributed by atoms with Crippen molar-refractivity contribution in [2.24, 2.45) is 5.73 Å². The summed E-state index contributed by atoms with van der Waals surface area (Å²) in [6.07, 6.45) is 5.20. The van der Waals surface area contributed by atoms with Crippen molar-refractivity contribution in [3.05, 3.63) is 11.9 Å². The maximum atomic E-state index is 12.4. The Kier molecular flexibility index (Phi) is 3.48. The van der Waals surface area contributed by atoms with Gasteiger partial charge in [-0.1, -0.05) is 5.21 Å². The molecule has 1 amide bonds. The minimum Gasteiger partial charge on any atom is -0.374 e. The van der Waals surface area contributed by atoms with Gasteiger partial charge in [0.25, 0.3) is 0 Å². The van der Waals surface area contributed by atoms with E-state index in [4.69, 9.17) is 10.5 Å². The molecule has 1 aliphatic carbocycles. The third-order valence-electron chi connectivity index (χ3n) is 3.89. The fourth-order valence-electron chi connectivity index (χ4n) is 2.97. The van der Waals surface area contributed by atoms with Gasteiger partial charge in [0.15, 0.2) is 0 Å². The molecule has 2 atom stereocenters. The molecule has 1 aromatic rings. The van der Waals surface area contributed by atoms with Crippen molar-refractivity contribution >= 4 is 5.91 Å². The number of carbonyl (C=O) groups is 1. The molecule has 2 unspecified atom stereocenters. The molecular formula is C12H19N5O2. The van der Waals surface area contributed by atoms with Crippen molar-refractivity contribution in [1.82, 2.24) is 19.9 Å². The maximum Gasteiger partial charge on any atom is 0.244 e. The summed E-state index contributed by atoms with van der Waals surface area (Å²) >= 11 is 0. The van der Waals surface area contributed by atoms with E-state index in [1.165, 1.54) is 0 Å². The van der Waals surface area contributed by atoms with E-state index in [2.05, 4.69) is 10.3 Å². The van der Waals surface area contributed by atoms with Crippen molar-refractivity contribution in [1.29, 1.82) is 0 Å². The Balaban J connectivity index is 1.66. The lowest BCUT2D eigenvalue weighted by molar-refractivity contribution is -0.144. The first-order valence-corrected chi connectivity index (χ1v) is 6.78.